The lowest BCUT2D eigenvalue weighted by Gasteiger charge is -2.19. The molecule has 6 heteroatoms. The molecule has 0 heterocycles. The Labute approximate surface area is 127 Å². The highest BCUT2D eigenvalue weighted by Crippen LogP contribution is 2.12. The van der Waals surface area contributed by atoms with Crippen LogP contribution in [0.1, 0.15) is 33.3 Å². The SMILES string of the molecule is CC(=O)O.CC(C)(C)OC(=O)NCc1cccc(Br)c1. The number of nitrogens with one attached hydrogen (secondary N) is 1. The molecule has 1 aromatic rings. The number of benzene rings is 1. The Kier molecular flexibility index (Phi) is 7.91. The van der Waals surface area contributed by atoms with Gasteiger partial charge in [0.2, 0.25) is 0 Å². The van der Waals surface area contributed by atoms with Crippen molar-refractivity contribution in [2.24, 2.45) is 0 Å². The maximum absolute atomic E-state index is 11.4. The van der Waals surface area contributed by atoms with Crippen molar-refractivity contribution in [1.82, 2.24) is 5.32 Å². The van der Waals surface area contributed by atoms with Crippen molar-refractivity contribution in [3.8, 4) is 0 Å². The van der Waals surface area contributed by atoms with Crippen molar-refractivity contribution in [3.63, 3.8) is 0 Å². The Bertz CT molecular complexity index is 451. The zero-order chi connectivity index (χ0) is 15.8. The van der Waals surface area contributed by atoms with Crippen molar-refractivity contribution in [2.45, 2.75) is 39.8 Å². The van der Waals surface area contributed by atoms with Gasteiger partial charge in [0.25, 0.3) is 5.97 Å². The van der Waals surface area contributed by atoms with Crippen molar-refractivity contribution in [1.29, 1.82) is 0 Å². The highest BCUT2D eigenvalue weighted by atomic mass is 79.9. The number of halogens is 1. The third-order valence-electron chi connectivity index (χ3n) is 1.72. The molecule has 0 aliphatic heterocycles. The lowest BCUT2D eigenvalue weighted by Crippen LogP contribution is -2.32. The van der Waals surface area contributed by atoms with Crippen molar-refractivity contribution < 1.29 is 19.4 Å². The van der Waals surface area contributed by atoms with Gasteiger partial charge in [0.1, 0.15) is 5.60 Å². The van der Waals surface area contributed by atoms with Gasteiger partial charge in [-0.2, -0.15) is 0 Å². The van der Waals surface area contributed by atoms with Crippen LogP contribution in [0.4, 0.5) is 4.79 Å². The Morgan fingerprint density at radius 3 is 2.35 bits per heavy atom. The second-order valence-corrected chi connectivity index (χ2v) is 5.92. The summed E-state index contributed by atoms with van der Waals surface area (Å²) in [4.78, 5) is 20.4. The third-order valence-corrected chi connectivity index (χ3v) is 2.22. The summed E-state index contributed by atoms with van der Waals surface area (Å²) in [5.74, 6) is -0.833. The first-order valence-electron chi connectivity index (χ1n) is 6.01. The molecule has 0 saturated carbocycles. The molecular weight excluding hydrogens is 326 g/mol. The van der Waals surface area contributed by atoms with Crippen molar-refractivity contribution >= 4 is 28.0 Å². The highest BCUT2D eigenvalue weighted by Gasteiger charge is 2.15. The van der Waals surface area contributed by atoms with Gasteiger partial charge in [0.15, 0.2) is 0 Å². The Hall–Kier alpha value is -1.56. The number of carbonyl (C=O) groups is 2. The molecule has 0 radical (unpaired) electrons. The van der Waals surface area contributed by atoms with E-state index in [1.807, 2.05) is 45.0 Å². The van der Waals surface area contributed by atoms with Gasteiger partial charge >= 0.3 is 6.09 Å². The first-order valence-corrected chi connectivity index (χ1v) is 6.80. The number of aliphatic carboxylic acids is 1. The number of ether oxygens (including phenoxy) is 1. The Morgan fingerprint density at radius 1 is 1.35 bits per heavy atom. The fraction of sp³-hybridized carbons (Fsp3) is 0.429. The first kappa shape index (κ1) is 18.4. The Balaban J connectivity index is 0.000000796. The van der Waals surface area contributed by atoms with Crippen LogP contribution in [-0.2, 0) is 16.1 Å². The van der Waals surface area contributed by atoms with Crippen LogP contribution in [-0.4, -0.2) is 22.8 Å². The molecule has 0 aromatic heterocycles. The second-order valence-electron chi connectivity index (χ2n) is 5.00. The largest absolute Gasteiger partial charge is 0.481 e. The van der Waals surface area contributed by atoms with Crippen LogP contribution >= 0.6 is 15.9 Å². The number of carbonyl (C=O) groups excluding carboxylic acids is 1. The predicted molar refractivity (Wildman–Crippen MR) is 80.5 cm³/mol. The second kappa shape index (κ2) is 8.58. The average molecular weight is 346 g/mol. The summed E-state index contributed by atoms with van der Waals surface area (Å²) < 4.78 is 6.12. The minimum atomic E-state index is -0.833. The zero-order valence-corrected chi connectivity index (χ0v) is 13.7. The van der Waals surface area contributed by atoms with E-state index in [1.54, 1.807) is 0 Å². The molecule has 20 heavy (non-hydrogen) atoms. The van der Waals surface area contributed by atoms with Gasteiger partial charge in [-0.3, -0.25) is 4.79 Å². The molecule has 0 bridgehead atoms. The van der Waals surface area contributed by atoms with Crippen LogP contribution in [0.25, 0.3) is 0 Å². The van der Waals surface area contributed by atoms with Gasteiger partial charge in [-0.05, 0) is 38.5 Å². The van der Waals surface area contributed by atoms with Crippen LogP contribution in [0.2, 0.25) is 0 Å². The highest BCUT2D eigenvalue weighted by molar-refractivity contribution is 9.10. The molecular formula is C14H20BrNO4. The van der Waals surface area contributed by atoms with E-state index in [-0.39, 0.29) is 0 Å². The maximum atomic E-state index is 11.4. The zero-order valence-electron chi connectivity index (χ0n) is 12.1. The summed E-state index contributed by atoms with van der Waals surface area (Å²) in [7, 11) is 0. The average Bonchev–Trinajstić information content (AvgIpc) is 2.23. The predicted octanol–water partition coefficient (Wildman–Crippen LogP) is 3.56. The molecule has 0 aliphatic rings. The van der Waals surface area contributed by atoms with Crippen LogP contribution in [0.3, 0.4) is 0 Å². The number of amides is 1. The molecule has 1 amide bonds. The van der Waals surface area contributed by atoms with Crippen molar-refractivity contribution in [2.75, 3.05) is 0 Å². The van der Waals surface area contributed by atoms with E-state index in [2.05, 4.69) is 21.2 Å². The molecule has 2 N–H and O–H groups in total. The van der Waals surface area contributed by atoms with Crippen LogP contribution in [0.5, 0.6) is 0 Å². The van der Waals surface area contributed by atoms with Crippen molar-refractivity contribution in [3.05, 3.63) is 34.3 Å². The minimum Gasteiger partial charge on any atom is -0.481 e. The van der Waals surface area contributed by atoms with Gasteiger partial charge in [-0.15, -0.1) is 0 Å². The molecule has 1 rings (SSSR count). The molecule has 5 nitrogen and oxygen atoms in total. The molecule has 0 aliphatic carbocycles. The monoisotopic (exact) mass is 345 g/mol. The number of carboxylic acids is 1. The van der Waals surface area contributed by atoms with E-state index in [9.17, 15) is 4.79 Å². The van der Waals surface area contributed by atoms with E-state index in [0.717, 1.165) is 17.0 Å². The van der Waals surface area contributed by atoms with E-state index in [1.165, 1.54) is 0 Å². The van der Waals surface area contributed by atoms with Crippen LogP contribution in [0, 0.1) is 0 Å². The number of hydrogen-bond acceptors (Lipinski definition) is 3. The van der Waals surface area contributed by atoms with Gasteiger partial charge < -0.3 is 15.2 Å². The first-order chi connectivity index (χ1) is 9.10. The van der Waals surface area contributed by atoms with Crippen LogP contribution in [0.15, 0.2) is 28.7 Å². The number of hydrogen-bond donors (Lipinski definition) is 2. The minimum absolute atomic E-state index is 0.396. The molecule has 0 unspecified atom stereocenters. The number of alkyl carbamates (subject to hydrolysis) is 1. The van der Waals surface area contributed by atoms with E-state index in [0.29, 0.717) is 6.54 Å². The third kappa shape index (κ3) is 11.5. The normalized spacial score (nSPS) is 10.1. The lowest BCUT2D eigenvalue weighted by molar-refractivity contribution is -0.134. The van der Waals surface area contributed by atoms with Gasteiger partial charge in [-0.1, -0.05) is 28.1 Å². The molecule has 0 spiro atoms. The van der Waals surface area contributed by atoms with E-state index in [4.69, 9.17) is 14.6 Å². The maximum Gasteiger partial charge on any atom is 0.407 e. The lowest BCUT2D eigenvalue weighted by atomic mass is 10.2. The molecule has 112 valence electrons. The summed E-state index contributed by atoms with van der Waals surface area (Å²) in [5, 5.41) is 10.1. The van der Waals surface area contributed by atoms with Gasteiger partial charge in [0.05, 0.1) is 0 Å². The quantitative estimate of drug-likeness (QED) is 0.859. The summed E-state index contributed by atoms with van der Waals surface area (Å²) in [6, 6.07) is 7.77. The van der Waals surface area contributed by atoms with Crippen LogP contribution < -0.4 is 5.32 Å². The van der Waals surface area contributed by atoms with E-state index < -0.39 is 17.7 Å². The molecule has 0 saturated heterocycles. The topological polar surface area (TPSA) is 75.6 Å². The molecule has 0 atom stereocenters. The fourth-order valence-electron chi connectivity index (χ4n) is 1.14. The van der Waals surface area contributed by atoms with Gasteiger partial charge in [-0.25, -0.2) is 4.79 Å². The summed E-state index contributed by atoms with van der Waals surface area (Å²) in [6.45, 7) is 7.07. The fourth-order valence-corrected chi connectivity index (χ4v) is 1.58. The van der Waals surface area contributed by atoms with Gasteiger partial charge in [0, 0.05) is 17.9 Å². The summed E-state index contributed by atoms with van der Waals surface area (Å²) in [5.41, 5.74) is 0.571. The Morgan fingerprint density at radius 2 is 1.90 bits per heavy atom. The standard InChI is InChI=1S/C12H16BrNO2.C2H4O2/c1-12(2,3)16-11(15)14-8-9-5-4-6-10(13)7-9;1-2(3)4/h4-7H,8H2,1-3H3,(H,14,15);1H3,(H,3,4). The van der Waals surface area contributed by atoms with E-state index >= 15 is 0 Å². The molecule has 1 aromatic carbocycles. The smallest absolute Gasteiger partial charge is 0.407 e. The molecule has 0 fully saturated rings. The number of carboxylic acid groups (broad SMARTS) is 1. The number of rotatable bonds is 2. The summed E-state index contributed by atoms with van der Waals surface area (Å²) >= 11 is 3.37. The summed E-state index contributed by atoms with van der Waals surface area (Å²) in [6.07, 6.45) is -0.396.